The molecule has 9 aromatic carbocycles. The van der Waals surface area contributed by atoms with Crippen molar-refractivity contribution in [3.05, 3.63) is 267 Å². The Balaban J connectivity index is 1.05. The summed E-state index contributed by atoms with van der Waals surface area (Å²) in [4.78, 5) is 2.40. The van der Waals surface area contributed by atoms with Gasteiger partial charge in [0.2, 0.25) is 0 Å². The zero-order valence-corrected chi connectivity index (χ0v) is 40.7. The summed E-state index contributed by atoms with van der Waals surface area (Å²) in [5, 5.41) is 7.49. The van der Waals surface area contributed by atoms with Gasteiger partial charge >= 0.3 is 0 Å². The lowest BCUT2D eigenvalue weighted by molar-refractivity contribution is 1.02. The molecule has 1 heterocycles. The third-order valence-corrected chi connectivity index (χ3v) is 14.0. The Morgan fingerprint density at radius 1 is 0.535 bits per heavy atom. The van der Waals surface area contributed by atoms with E-state index in [0.717, 1.165) is 46.6 Å². The summed E-state index contributed by atoms with van der Waals surface area (Å²) in [6.45, 7) is 10.3. The molecule has 0 spiro atoms. The topological polar surface area (TPSA) is 8.17 Å². The van der Waals surface area contributed by atoms with Crippen LogP contribution in [0.2, 0.25) is 0 Å². The summed E-state index contributed by atoms with van der Waals surface area (Å²) in [5.41, 5.74) is 18.7. The molecule has 0 bridgehead atoms. The Morgan fingerprint density at radius 3 is 1.92 bits per heavy atom. The number of benzene rings is 9. The third kappa shape index (κ3) is 8.82. The van der Waals surface area contributed by atoms with Crippen molar-refractivity contribution < 1.29 is 0 Å². The van der Waals surface area contributed by atoms with Gasteiger partial charge in [0.15, 0.2) is 0 Å². The molecule has 0 unspecified atom stereocenters. The van der Waals surface area contributed by atoms with Crippen LogP contribution in [0, 0.1) is 0 Å². The first-order valence-corrected chi connectivity index (χ1v) is 24.8. The fourth-order valence-electron chi connectivity index (χ4n) is 10.3. The Labute approximate surface area is 418 Å². The molecule has 0 N–H and O–H groups in total. The number of allylic oxidation sites excluding steroid dienone is 13. The van der Waals surface area contributed by atoms with E-state index in [1.807, 2.05) is 12.2 Å². The number of rotatable bonds is 12. The molecule has 0 saturated heterocycles. The van der Waals surface area contributed by atoms with E-state index in [9.17, 15) is 0 Å². The van der Waals surface area contributed by atoms with Crippen molar-refractivity contribution >= 4 is 77.3 Å². The second-order valence-electron chi connectivity index (χ2n) is 18.4. The average molecular weight is 913 g/mol. The van der Waals surface area contributed by atoms with Crippen molar-refractivity contribution in [3.8, 4) is 33.4 Å². The molecule has 11 rings (SSSR count). The lowest BCUT2D eigenvalue weighted by Crippen LogP contribution is -2.10. The van der Waals surface area contributed by atoms with Crippen LogP contribution in [-0.2, 0) is 0 Å². The fourth-order valence-corrected chi connectivity index (χ4v) is 10.3. The second kappa shape index (κ2) is 19.7. The van der Waals surface area contributed by atoms with E-state index in [2.05, 4.69) is 273 Å². The number of aromatic nitrogens is 1. The first-order chi connectivity index (χ1) is 35.0. The molecule has 1 aliphatic carbocycles. The number of hydrogen-bond donors (Lipinski definition) is 0. The molecule has 0 aliphatic heterocycles. The Morgan fingerprint density at radius 2 is 1.21 bits per heavy atom. The summed E-state index contributed by atoms with van der Waals surface area (Å²) in [6, 6.07) is 69.8. The highest BCUT2D eigenvalue weighted by Gasteiger charge is 2.20. The molecule has 0 saturated carbocycles. The largest absolute Gasteiger partial charge is 0.310 e. The van der Waals surface area contributed by atoms with Crippen LogP contribution >= 0.6 is 0 Å². The lowest BCUT2D eigenvalue weighted by Gasteiger charge is -2.26. The molecule has 0 radical (unpaired) electrons. The monoisotopic (exact) mass is 912 g/mol. The summed E-state index contributed by atoms with van der Waals surface area (Å²) >= 11 is 0. The lowest BCUT2D eigenvalue weighted by atomic mass is 9.93. The molecule has 0 amide bonds. The maximum atomic E-state index is 3.93. The molecule has 0 atom stereocenters. The number of anilines is 3. The predicted octanol–water partition coefficient (Wildman–Crippen LogP) is 19.9. The summed E-state index contributed by atoms with van der Waals surface area (Å²) in [7, 11) is 0. The van der Waals surface area contributed by atoms with Gasteiger partial charge in [-0.25, -0.2) is 0 Å². The predicted molar refractivity (Wildman–Crippen MR) is 310 cm³/mol. The normalized spacial score (nSPS) is 13.3. The van der Waals surface area contributed by atoms with Gasteiger partial charge < -0.3 is 9.47 Å². The quantitative estimate of drug-likeness (QED) is 0.111. The molecular weight excluding hydrogens is 857 g/mol. The average Bonchev–Trinajstić information content (AvgIpc) is 3.75. The minimum Gasteiger partial charge on any atom is -0.310 e. The van der Waals surface area contributed by atoms with Gasteiger partial charge in [0.25, 0.3) is 0 Å². The Bertz CT molecular complexity index is 3840. The second-order valence-corrected chi connectivity index (χ2v) is 18.4. The van der Waals surface area contributed by atoms with E-state index in [-0.39, 0.29) is 0 Å². The van der Waals surface area contributed by atoms with Crippen LogP contribution in [0.4, 0.5) is 17.1 Å². The molecule has 2 heteroatoms. The van der Waals surface area contributed by atoms with Gasteiger partial charge in [-0.05, 0) is 196 Å². The molecule has 1 aromatic heterocycles. The Hall–Kier alpha value is -8.72. The SMILES string of the molecule is C=C/C=C\C(=C/C)c1cc(/C(C)=C/C=C\C)cc(-c2ccc(N(c3ccc(-c4ccc5ccccc5c4)cc3)c3cccc(-c4cccc5c4c4cc6ccccc6cc4n5C4=CCCC=C4)c3)cc2)c1. The van der Waals surface area contributed by atoms with E-state index >= 15 is 0 Å². The van der Waals surface area contributed by atoms with Crippen LogP contribution in [0.25, 0.3) is 93.6 Å². The van der Waals surface area contributed by atoms with E-state index in [1.54, 1.807) is 0 Å². The van der Waals surface area contributed by atoms with Crippen molar-refractivity contribution in [2.45, 2.75) is 33.6 Å². The molecule has 2 nitrogen and oxygen atoms in total. The molecule has 1 aliphatic rings. The van der Waals surface area contributed by atoms with Crippen LogP contribution in [0.3, 0.4) is 0 Å². The van der Waals surface area contributed by atoms with E-state index in [0.29, 0.717) is 0 Å². The fraction of sp³-hybridized carbons (Fsp3) is 0.0725. The summed E-state index contributed by atoms with van der Waals surface area (Å²) in [5.74, 6) is 0. The highest BCUT2D eigenvalue weighted by Crippen LogP contribution is 2.44. The Kier molecular flexibility index (Phi) is 12.4. The van der Waals surface area contributed by atoms with Gasteiger partial charge in [0, 0.05) is 33.5 Å². The van der Waals surface area contributed by atoms with Crippen molar-refractivity contribution in [1.82, 2.24) is 4.57 Å². The van der Waals surface area contributed by atoms with Gasteiger partial charge in [0.1, 0.15) is 0 Å². The minimum atomic E-state index is 1.04. The van der Waals surface area contributed by atoms with Crippen LogP contribution in [0.5, 0.6) is 0 Å². The van der Waals surface area contributed by atoms with Crippen molar-refractivity contribution in [1.29, 1.82) is 0 Å². The smallest absolute Gasteiger partial charge is 0.0547 e. The van der Waals surface area contributed by atoms with Gasteiger partial charge in [-0.15, -0.1) is 0 Å². The van der Waals surface area contributed by atoms with Crippen molar-refractivity contribution in [3.63, 3.8) is 0 Å². The van der Waals surface area contributed by atoms with Crippen molar-refractivity contribution in [2.75, 3.05) is 4.90 Å². The van der Waals surface area contributed by atoms with Gasteiger partial charge in [-0.3, -0.25) is 0 Å². The highest BCUT2D eigenvalue weighted by molar-refractivity contribution is 6.19. The third-order valence-electron chi connectivity index (χ3n) is 14.0. The zero-order valence-electron chi connectivity index (χ0n) is 40.7. The molecule has 71 heavy (non-hydrogen) atoms. The molecule has 0 fully saturated rings. The van der Waals surface area contributed by atoms with Crippen molar-refractivity contribution in [2.24, 2.45) is 0 Å². The maximum absolute atomic E-state index is 3.93. The van der Waals surface area contributed by atoms with Crippen LogP contribution in [-0.4, -0.2) is 4.57 Å². The zero-order chi connectivity index (χ0) is 48.3. The van der Waals surface area contributed by atoms with E-state index in [4.69, 9.17) is 0 Å². The van der Waals surface area contributed by atoms with Gasteiger partial charge in [0.05, 0.1) is 11.0 Å². The number of fused-ring (bicyclic) bond motifs is 5. The van der Waals surface area contributed by atoms with Crippen LogP contribution < -0.4 is 4.90 Å². The van der Waals surface area contributed by atoms with Gasteiger partial charge in [-0.2, -0.15) is 0 Å². The van der Waals surface area contributed by atoms with E-state index in [1.165, 1.54) is 88.0 Å². The first kappa shape index (κ1) is 44.8. The number of hydrogen-bond acceptors (Lipinski definition) is 1. The summed E-state index contributed by atoms with van der Waals surface area (Å²) in [6.07, 6.45) is 23.6. The highest BCUT2D eigenvalue weighted by atomic mass is 15.1. The number of nitrogens with zero attached hydrogens (tertiary/aromatic N) is 2. The van der Waals surface area contributed by atoms with E-state index < -0.39 is 0 Å². The van der Waals surface area contributed by atoms with Gasteiger partial charge in [-0.1, -0.05) is 170 Å². The molecular formula is C69H56N2. The van der Waals surface area contributed by atoms with Crippen LogP contribution in [0.1, 0.15) is 44.7 Å². The first-order valence-electron chi connectivity index (χ1n) is 24.8. The van der Waals surface area contributed by atoms with Crippen LogP contribution in [0.15, 0.2) is 255 Å². The molecule has 342 valence electrons. The maximum Gasteiger partial charge on any atom is 0.0547 e. The summed E-state index contributed by atoms with van der Waals surface area (Å²) < 4.78 is 2.47. The minimum absolute atomic E-state index is 1.04. The molecule has 10 aromatic rings. The standard InChI is InChI=1S/C69H56N2/c1-5-8-19-48(4)58-42-59(49(7-3)20-9-6-2)44-60(43-58)52-35-39-63(40-36-52)70(62-37-33-51(34-38-62)56-32-31-50-21-13-14-22-53(50)41-56)64-28-17-25-57(45-64)65-29-18-30-67-69(65)66-46-54-23-15-16-24-55(54)47-68(66)71(67)61-26-11-10-12-27-61/h5-9,11,13-47H,2,10,12H2,1,3-4H3/b8-5-,20-9-,48-19+,49-7+.